The van der Waals surface area contributed by atoms with Gasteiger partial charge in [0.05, 0.1) is 11.0 Å². The van der Waals surface area contributed by atoms with Crippen LogP contribution in [-0.4, -0.2) is 27.4 Å². The molecule has 0 atom stereocenters. The summed E-state index contributed by atoms with van der Waals surface area (Å²) in [6.45, 7) is 1.13. The van der Waals surface area contributed by atoms with Crippen molar-refractivity contribution >= 4 is 40.1 Å². The van der Waals surface area contributed by atoms with E-state index in [0.717, 1.165) is 28.0 Å². The number of carbonyl (C=O) groups excluding carboxylic acids is 1. The number of aryl methyl sites for hydroxylation is 1. The number of rotatable bonds is 7. The second-order valence-electron chi connectivity index (χ2n) is 7.53. The van der Waals surface area contributed by atoms with E-state index in [4.69, 9.17) is 28.2 Å². The summed E-state index contributed by atoms with van der Waals surface area (Å²) in [4.78, 5) is 19.4. The predicted octanol–water partition coefficient (Wildman–Crippen LogP) is 5.98. The summed E-state index contributed by atoms with van der Waals surface area (Å²) in [5.74, 6) is 0.929. The average Bonchev–Trinajstić information content (AvgIpc) is 3.12. The molecule has 0 aliphatic rings. The first kappa shape index (κ1) is 21.4. The molecule has 1 heterocycles. The first-order valence-electron chi connectivity index (χ1n) is 10.2. The van der Waals surface area contributed by atoms with E-state index in [-0.39, 0.29) is 5.91 Å². The van der Waals surface area contributed by atoms with Crippen molar-refractivity contribution in [2.75, 3.05) is 7.05 Å². The molecule has 4 aromatic rings. The SMILES string of the molecule is CN(Cc1ccccc1)C(=O)CCn1c(Cc2c(Cl)cccc2Cl)nc2ccccc21. The third kappa shape index (κ3) is 4.92. The standard InChI is InChI=1S/C25H23Cl2N3O/c1-29(17-18-8-3-2-4-9-18)25(31)14-15-30-23-13-6-5-12-22(23)28-24(30)16-19-20(26)10-7-11-21(19)27/h2-13H,14-17H2,1H3. The molecule has 0 saturated heterocycles. The molecule has 1 aromatic heterocycles. The fourth-order valence-corrected chi connectivity index (χ4v) is 4.24. The van der Waals surface area contributed by atoms with Gasteiger partial charge in [0.1, 0.15) is 5.82 Å². The number of hydrogen-bond donors (Lipinski definition) is 0. The molecule has 3 aromatic carbocycles. The molecule has 0 spiro atoms. The Hall–Kier alpha value is -2.82. The molecule has 31 heavy (non-hydrogen) atoms. The number of benzene rings is 3. The van der Waals surface area contributed by atoms with Crippen LogP contribution >= 0.6 is 23.2 Å². The van der Waals surface area contributed by atoms with Crippen LogP contribution in [0.1, 0.15) is 23.4 Å². The van der Waals surface area contributed by atoms with Crippen molar-refractivity contribution in [3.63, 3.8) is 0 Å². The molecule has 0 aliphatic carbocycles. The third-order valence-electron chi connectivity index (χ3n) is 5.37. The van der Waals surface area contributed by atoms with Gasteiger partial charge in [0, 0.05) is 43.0 Å². The van der Waals surface area contributed by atoms with E-state index in [1.807, 2.05) is 79.8 Å². The number of fused-ring (bicyclic) bond motifs is 1. The van der Waals surface area contributed by atoms with Gasteiger partial charge in [-0.1, -0.05) is 71.7 Å². The molecular formula is C25H23Cl2N3O. The van der Waals surface area contributed by atoms with E-state index in [1.165, 1.54) is 0 Å². The number of carbonyl (C=O) groups is 1. The molecular weight excluding hydrogens is 429 g/mol. The van der Waals surface area contributed by atoms with Gasteiger partial charge < -0.3 is 9.47 Å². The largest absolute Gasteiger partial charge is 0.341 e. The van der Waals surface area contributed by atoms with E-state index in [0.29, 0.717) is 36.0 Å². The van der Waals surface area contributed by atoms with Crippen molar-refractivity contribution in [1.29, 1.82) is 0 Å². The molecule has 0 bridgehead atoms. The monoisotopic (exact) mass is 451 g/mol. The minimum atomic E-state index is 0.0864. The van der Waals surface area contributed by atoms with E-state index < -0.39 is 0 Å². The van der Waals surface area contributed by atoms with Gasteiger partial charge in [0.2, 0.25) is 5.91 Å². The van der Waals surface area contributed by atoms with Gasteiger partial charge in [-0.05, 0) is 35.4 Å². The van der Waals surface area contributed by atoms with Crippen LogP contribution in [0.3, 0.4) is 0 Å². The van der Waals surface area contributed by atoms with E-state index in [9.17, 15) is 4.79 Å². The van der Waals surface area contributed by atoms with Crippen molar-refractivity contribution in [1.82, 2.24) is 14.5 Å². The summed E-state index contributed by atoms with van der Waals surface area (Å²) < 4.78 is 2.10. The van der Waals surface area contributed by atoms with Gasteiger partial charge in [-0.3, -0.25) is 4.79 Å². The quantitative estimate of drug-likeness (QED) is 0.346. The number of aromatic nitrogens is 2. The highest BCUT2D eigenvalue weighted by molar-refractivity contribution is 6.36. The lowest BCUT2D eigenvalue weighted by Crippen LogP contribution is -2.27. The summed E-state index contributed by atoms with van der Waals surface area (Å²) in [5.41, 5.74) is 3.85. The lowest BCUT2D eigenvalue weighted by atomic mass is 10.1. The second kappa shape index (κ2) is 9.54. The lowest BCUT2D eigenvalue weighted by molar-refractivity contribution is -0.130. The Labute approximate surface area is 192 Å². The highest BCUT2D eigenvalue weighted by Gasteiger charge is 2.16. The molecule has 0 fully saturated rings. The van der Waals surface area contributed by atoms with Crippen molar-refractivity contribution < 1.29 is 4.79 Å². The van der Waals surface area contributed by atoms with Crippen LogP contribution in [0.4, 0.5) is 0 Å². The van der Waals surface area contributed by atoms with E-state index in [1.54, 1.807) is 4.90 Å². The van der Waals surface area contributed by atoms with Crippen LogP contribution in [0, 0.1) is 0 Å². The minimum absolute atomic E-state index is 0.0864. The van der Waals surface area contributed by atoms with Crippen molar-refractivity contribution in [2.45, 2.75) is 25.9 Å². The highest BCUT2D eigenvalue weighted by atomic mass is 35.5. The van der Waals surface area contributed by atoms with Crippen molar-refractivity contribution in [2.24, 2.45) is 0 Å². The summed E-state index contributed by atoms with van der Waals surface area (Å²) in [6.07, 6.45) is 0.883. The zero-order valence-electron chi connectivity index (χ0n) is 17.3. The maximum Gasteiger partial charge on any atom is 0.224 e. The molecule has 1 amide bonds. The van der Waals surface area contributed by atoms with Gasteiger partial charge in [0.15, 0.2) is 0 Å². The molecule has 0 saturated carbocycles. The number of imidazole rings is 1. The zero-order chi connectivity index (χ0) is 21.8. The fraction of sp³-hybridized carbons (Fsp3) is 0.200. The number of halogens is 2. The van der Waals surface area contributed by atoms with Gasteiger partial charge >= 0.3 is 0 Å². The van der Waals surface area contributed by atoms with Crippen LogP contribution in [0.2, 0.25) is 10.0 Å². The molecule has 0 radical (unpaired) electrons. The average molecular weight is 452 g/mol. The molecule has 0 unspecified atom stereocenters. The second-order valence-corrected chi connectivity index (χ2v) is 8.35. The maximum atomic E-state index is 12.8. The Kier molecular flexibility index (Phi) is 6.59. The van der Waals surface area contributed by atoms with Crippen LogP contribution in [0.5, 0.6) is 0 Å². The number of amides is 1. The fourth-order valence-electron chi connectivity index (χ4n) is 3.71. The molecule has 0 N–H and O–H groups in total. The zero-order valence-corrected chi connectivity index (χ0v) is 18.8. The molecule has 4 rings (SSSR count). The Bertz CT molecular complexity index is 1180. The Morgan fingerprint density at radius 3 is 2.35 bits per heavy atom. The summed E-state index contributed by atoms with van der Waals surface area (Å²) in [6, 6.07) is 23.4. The summed E-state index contributed by atoms with van der Waals surface area (Å²) in [7, 11) is 1.84. The number of nitrogens with zero attached hydrogens (tertiary/aromatic N) is 3. The summed E-state index contributed by atoms with van der Waals surface area (Å²) >= 11 is 12.8. The van der Waals surface area contributed by atoms with E-state index in [2.05, 4.69) is 4.57 Å². The Balaban J connectivity index is 1.55. The third-order valence-corrected chi connectivity index (χ3v) is 6.08. The van der Waals surface area contributed by atoms with Crippen molar-refractivity contribution in [3.8, 4) is 0 Å². The first-order chi connectivity index (χ1) is 15.0. The molecule has 6 heteroatoms. The topological polar surface area (TPSA) is 38.1 Å². The Morgan fingerprint density at radius 2 is 1.61 bits per heavy atom. The van der Waals surface area contributed by atoms with Crippen LogP contribution < -0.4 is 0 Å². The van der Waals surface area contributed by atoms with Crippen LogP contribution in [-0.2, 0) is 24.3 Å². The maximum absolute atomic E-state index is 12.8. The van der Waals surface area contributed by atoms with Crippen LogP contribution in [0.25, 0.3) is 11.0 Å². The normalized spacial score (nSPS) is 11.1. The predicted molar refractivity (Wildman–Crippen MR) is 127 cm³/mol. The lowest BCUT2D eigenvalue weighted by Gasteiger charge is -2.18. The smallest absolute Gasteiger partial charge is 0.224 e. The van der Waals surface area contributed by atoms with Crippen LogP contribution in [0.15, 0.2) is 72.8 Å². The van der Waals surface area contributed by atoms with E-state index >= 15 is 0 Å². The number of hydrogen-bond acceptors (Lipinski definition) is 2. The number of para-hydroxylation sites is 2. The highest BCUT2D eigenvalue weighted by Crippen LogP contribution is 2.28. The summed E-state index contributed by atoms with van der Waals surface area (Å²) in [5, 5.41) is 1.23. The van der Waals surface area contributed by atoms with Gasteiger partial charge in [-0.2, -0.15) is 0 Å². The van der Waals surface area contributed by atoms with Gasteiger partial charge in [-0.25, -0.2) is 4.98 Å². The molecule has 4 nitrogen and oxygen atoms in total. The molecule has 0 aliphatic heterocycles. The first-order valence-corrected chi connectivity index (χ1v) is 10.9. The molecule has 158 valence electrons. The van der Waals surface area contributed by atoms with Gasteiger partial charge in [0.25, 0.3) is 0 Å². The minimum Gasteiger partial charge on any atom is -0.341 e. The van der Waals surface area contributed by atoms with Crippen molar-refractivity contribution in [3.05, 3.63) is 99.8 Å². The Morgan fingerprint density at radius 1 is 0.935 bits per heavy atom. The van der Waals surface area contributed by atoms with Gasteiger partial charge in [-0.15, -0.1) is 0 Å².